The van der Waals surface area contributed by atoms with Crippen LogP contribution in [0.2, 0.25) is 0 Å². The fraction of sp³-hybridized carbons (Fsp3) is 0.941. The van der Waals surface area contributed by atoms with Crippen molar-refractivity contribution in [1.29, 1.82) is 0 Å². The van der Waals surface area contributed by atoms with E-state index in [4.69, 9.17) is 9.73 Å². The smallest absolute Gasteiger partial charge is 0.194 e. The molecule has 1 unspecified atom stereocenters. The maximum atomic E-state index is 11.6. The van der Waals surface area contributed by atoms with Crippen LogP contribution in [0.5, 0.6) is 0 Å². The Bertz CT molecular complexity index is 537. The highest BCUT2D eigenvalue weighted by molar-refractivity contribution is 7.91. The molecular weight excluding hydrogens is 326 g/mol. The third kappa shape index (κ3) is 5.62. The normalized spacial score (nSPS) is 26.8. The third-order valence-electron chi connectivity index (χ3n) is 5.01. The van der Waals surface area contributed by atoms with Crippen LogP contribution in [0.15, 0.2) is 4.99 Å². The predicted octanol–water partition coefficient (Wildman–Crippen LogP) is 1.52. The number of guanidine groups is 1. The monoisotopic (exact) mass is 359 g/mol. The number of aliphatic imine (C=N–C) groups is 1. The molecule has 0 bridgehead atoms. The maximum absolute atomic E-state index is 11.6. The molecule has 0 amide bonds. The molecule has 0 spiro atoms. The molecule has 2 fully saturated rings. The number of hydrogen-bond donors (Lipinski definition) is 1. The van der Waals surface area contributed by atoms with E-state index in [1.54, 1.807) is 7.11 Å². The Hall–Kier alpha value is -0.820. The minimum Gasteiger partial charge on any atom is -0.384 e. The maximum Gasteiger partial charge on any atom is 0.194 e. The first kappa shape index (κ1) is 19.5. The molecule has 1 N–H and O–H groups in total. The fourth-order valence-electron chi connectivity index (χ4n) is 3.48. The van der Waals surface area contributed by atoms with Crippen molar-refractivity contribution < 1.29 is 13.2 Å². The molecule has 2 aliphatic rings. The highest BCUT2D eigenvalue weighted by Gasteiger charge is 2.32. The minimum absolute atomic E-state index is 0.169. The number of nitrogens with zero attached hydrogens (tertiary/aromatic N) is 2. The number of ether oxygens (including phenoxy) is 1. The second-order valence-electron chi connectivity index (χ2n) is 7.96. The van der Waals surface area contributed by atoms with E-state index in [-0.39, 0.29) is 17.1 Å². The van der Waals surface area contributed by atoms with E-state index >= 15 is 0 Å². The van der Waals surface area contributed by atoms with Gasteiger partial charge < -0.3 is 15.0 Å². The summed E-state index contributed by atoms with van der Waals surface area (Å²) in [6, 6.07) is 0.309. The van der Waals surface area contributed by atoms with Crippen molar-refractivity contribution in [2.24, 2.45) is 16.3 Å². The lowest BCUT2D eigenvalue weighted by Gasteiger charge is -2.40. The van der Waals surface area contributed by atoms with Crippen molar-refractivity contribution in [2.45, 2.75) is 46.1 Å². The van der Waals surface area contributed by atoms with Gasteiger partial charge in [0.2, 0.25) is 0 Å². The molecule has 0 aliphatic carbocycles. The SMILES string of the molecule is COCC1(C)CCN(C(=NCC2CCS(=O)(=O)C2)NC(C)C)CC1. The Morgan fingerprint density at radius 3 is 2.54 bits per heavy atom. The quantitative estimate of drug-likeness (QED) is 0.595. The van der Waals surface area contributed by atoms with Gasteiger partial charge in [0.15, 0.2) is 15.8 Å². The first-order valence-corrected chi connectivity index (χ1v) is 10.8. The van der Waals surface area contributed by atoms with Crippen molar-refractivity contribution in [3.8, 4) is 0 Å². The average molecular weight is 360 g/mol. The molecule has 7 heteroatoms. The Balaban J connectivity index is 1.97. The standard InChI is InChI=1S/C17H33N3O3S/c1-14(2)19-16(18-11-15-5-10-24(21,22)12-15)20-8-6-17(3,7-9-20)13-23-4/h14-15H,5-13H2,1-4H3,(H,18,19). The van der Waals surface area contributed by atoms with Gasteiger partial charge in [-0.2, -0.15) is 0 Å². The minimum atomic E-state index is -2.83. The Morgan fingerprint density at radius 1 is 1.38 bits per heavy atom. The summed E-state index contributed by atoms with van der Waals surface area (Å²) in [6.45, 7) is 9.81. The number of hydrogen-bond acceptors (Lipinski definition) is 4. The molecule has 0 aromatic heterocycles. The zero-order valence-corrected chi connectivity index (χ0v) is 16.4. The van der Waals surface area contributed by atoms with Gasteiger partial charge in [0, 0.05) is 32.8 Å². The lowest BCUT2D eigenvalue weighted by molar-refractivity contribution is 0.0497. The highest BCUT2D eigenvalue weighted by atomic mass is 32.2. The largest absolute Gasteiger partial charge is 0.384 e. The van der Waals surface area contributed by atoms with Crippen molar-refractivity contribution in [2.75, 3.05) is 44.9 Å². The summed E-state index contributed by atoms with van der Waals surface area (Å²) in [5.74, 6) is 1.70. The fourth-order valence-corrected chi connectivity index (χ4v) is 5.33. The van der Waals surface area contributed by atoms with Crippen molar-refractivity contribution >= 4 is 15.8 Å². The second kappa shape index (κ2) is 8.04. The molecule has 6 nitrogen and oxygen atoms in total. The summed E-state index contributed by atoms with van der Waals surface area (Å²) in [5.41, 5.74) is 0.244. The van der Waals surface area contributed by atoms with Gasteiger partial charge >= 0.3 is 0 Å². The summed E-state index contributed by atoms with van der Waals surface area (Å²) in [5, 5.41) is 3.45. The van der Waals surface area contributed by atoms with Crippen LogP contribution in [0.25, 0.3) is 0 Å². The van der Waals surface area contributed by atoms with Gasteiger partial charge in [0.1, 0.15) is 0 Å². The molecule has 0 saturated carbocycles. The predicted molar refractivity (Wildman–Crippen MR) is 98.1 cm³/mol. The van der Waals surface area contributed by atoms with Gasteiger partial charge in [0.25, 0.3) is 0 Å². The molecule has 2 saturated heterocycles. The summed E-state index contributed by atoms with van der Waals surface area (Å²) >= 11 is 0. The third-order valence-corrected chi connectivity index (χ3v) is 6.84. The molecule has 140 valence electrons. The molecular formula is C17H33N3O3S. The summed E-state index contributed by atoms with van der Waals surface area (Å²) in [7, 11) is -1.07. The van der Waals surface area contributed by atoms with Crippen molar-refractivity contribution in [1.82, 2.24) is 10.2 Å². The van der Waals surface area contributed by atoms with E-state index in [0.717, 1.165) is 44.9 Å². The summed E-state index contributed by atoms with van der Waals surface area (Å²) in [6.07, 6.45) is 2.90. The Kier molecular flexibility index (Phi) is 6.53. The number of piperidine rings is 1. The summed E-state index contributed by atoms with van der Waals surface area (Å²) in [4.78, 5) is 7.07. The summed E-state index contributed by atoms with van der Waals surface area (Å²) < 4.78 is 28.6. The van der Waals surface area contributed by atoms with Gasteiger partial charge in [-0.1, -0.05) is 6.92 Å². The molecule has 2 rings (SSSR count). The molecule has 0 aromatic rings. The molecule has 0 radical (unpaired) electrons. The number of methoxy groups -OCH3 is 1. The van der Waals surface area contributed by atoms with Crippen molar-refractivity contribution in [3.05, 3.63) is 0 Å². The van der Waals surface area contributed by atoms with Gasteiger partial charge in [-0.25, -0.2) is 8.42 Å². The van der Waals surface area contributed by atoms with Gasteiger partial charge in [0.05, 0.1) is 18.1 Å². The van der Waals surface area contributed by atoms with E-state index in [1.165, 1.54) is 0 Å². The van der Waals surface area contributed by atoms with E-state index in [1.807, 2.05) is 0 Å². The van der Waals surface area contributed by atoms with Gasteiger partial charge in [-0.3, -0.25) is 4.99 Å². The first-order valence-electron chi connectivity index (χ1n) is 8.98. The number of rotatable bonds is 5. The second-order valence-corrected chi connectivity index (χ2v) is 10.2. The van der Waals surface area contributed by atoms with Crippen molar-refractivity contribution in [3.63, 3.8) is 0 Å². The Labute approximate surface area is 147 Å². The van der Waals surface area contributed by atoms with Crippen LogP contribution in [0, 0.1) is 11.3 Å². The van der Waals surface area contributed by atoms with Crippen LogP contribution in [-0.4, -0.2) is 70.2 Å². The Morgan fingerprint density at radius 2 is 2.04 bits per heavy atom. The molecule has 2 heterocycles. The van der Waals surface area contributed by atoms with Gasteiger partial charge in [-0.05, 0) is 44.4 Å². The number of nitrogens with one attached hydrogen (secondary N) is 1. The lowest BCUT2D eigenvalue weighted by Crippen LogP contribution is -2.50. The van der Waals surface area contributed by atoms with Crippen LogP contribution < -0.4 is 5.32 Å². The van der Waals surface area contributed by atoms with E-state index in [9.17, 15) is 8.42 Å². The zero-order chi connectivity index (χ0) is 17.8. The highest BCUT2D eigenvalue weighted by Crippen LogP contribution is 2.31. The van der Waals surface area contributed by atoms with Crippen LogP contribution in [0.1, 0.15) is 40.0 Å². The van der Waals surface area contributed by atoms with Crippen LogP contribution in [0.4, 0.5) is 0 Å². The number of sulfone groups is 1. The molecule has 2 aliphatic heterocycles. The van der Waals surface area contributed by atoms with E-state index in [0.29, 0.717) is 18.3 Å². The zero-order valence-electron chi connectivity index (χ0n) is 15.5. The lowest BCUT2D eigenvalue weighted by atomic mass is 9.81. The topological polar surface area (TPSA) is 71.0 Å². The van der Waals surface area contributed by atoms with Gasteiger partial charge in [-0.15, -0.1) is 0 Å². The van der Waals surface area contributed by atoms with E-state index in [2.05, 4.69) is 31.0 Å². The van der Waals surface area contributed by atoms with Crippen LogP contribution in [-0.2, 0) is 14.6 Å². The average Bonchev–Trinajstić information content (AvgIpc) is 2.83. The first-order chi connectivity index (χ1) is 11.2. The molecule has 0 aromatic carbocycles. The van der Waals surface area contributed by atoms with Crippen LogP contribution >= 0.6 is 0 Å². The molecule has 1 atom stereocenters. The number of likely N-dealkylation sites (tertiary alicyclic amines) is 1. The van der Waals surface area contributed by atoms with Crippen LogP contribution in [0.3, 0.4) is 0 Å². The molecule has 24 heavy (non-hydrogen) atoms. The van der Waals surface area contributed by atoms with E-state index < -0.39 is 9.84 Å².